The van der Waals surface area contributed by atoms with Gasteiger partial charge in [-0.15, -0.1) is 0 Å². The molecule has 0 heterocycles. The van der Waals surface area contributed by atoms with E-state index in [9.17, 15) is 14.7 Å². The fourth-order valence-corrected chi connectivity index (χ4v) is 2.94. The Labute approximate surface area is 170 Å². The van der Waals surface area contributed by atoms with Crippen LogP contribution in [-0.4, -0.2) is 35.4 Å². The van der Waals surface area contributed by atoms with Gasteiger partial charge in [0.05, 0.1) is 12.6 Å². The second-order valence-electron chi connectivity index (χ2n) is 7.42. The first-order valence-electron chi connectivity index (χ1n) is 8.84. The van der Waals surface area contributed by atoms with Crippen LogP contribution in [0.2, 0.25) is 10.0 Å². The average molecular weight is 419 g/mol. The summed E-state index contributed by atoms with van der Waals surface area (Å²) in [5.41, 5.74) is -0.137. The number of carbonyl (C=O) groups excluding carboxylic acids is 2. The summed E-state index contributed by atoms with van der Waals surface area (Å²) in [4.78, 5) is 24.9. The van der Waals surface area contributed by atoms with Gasteiger partial charge in [0, 0.05) is 10.0 Å². The molecule has 0 saturated heterocycles. The van der Waals surface area contributed by atoms with Crippen molar-refractivity contribution in [3.8, 4) is 0 Å². The van der Waals surface area contributed by atoms with Gasteiger partial charge in [-0.3, -0.25) is 4.79 Å². The number of carbonyl (C=O) groups is 2. The second kappa shape index (κ2) is 10.2. The Bertz CT molecular complexity index is 662. The minimum Gasteiger partial charge on any atom is -0.444 e. The molecule has 27 heavy (non-hydrogen) atoms. The number of ether oxygens (including phenoxy) is 1. The van der Waals surface area contributed by atoms with Crippen molar-refractivity contribution >= 4 is 35.2 Å². The van der Waals surface area contributed by atoms with Crippen molar-refractivity contribution in [3.63, 3.8) is 0 Å². The number of benzene rings is 1. The number of aliphatic hydroxyl groups excluding tert-OH is 1. The summed E-state index contributed by atoms with van der Waals surface area (Å²) in [6.07, 6.45) is -0.00708. The van der Waals surface area contributed by atoms with Gasteiger partial charge in [-0.1, -0.05) is 49.5 Å². The molecule has 0 aliphatic carbocycles. The molecule has 6 nitrogen and oxygen atoms in total. The monoisotopic (exact) mass is 418 g/mol. The quantitative estimate of drug-likeness (QED) is 0.622. The highest BCUT2D eigenvalue weighted by molar-refractivity contribution is 6.35. The van der Waals surface area contributed by atoms with Gasteiger partial charge < -0.3 is 20.5 Å². The molecule has 8 heteroatoms. The van der Waals surface area contributed by atoms with E-state index in [0.717, 1.165) is 0 Å². The van der Waals surface area contributed by atoms with E-state index in [2.05, 4.69) is 10.6 Å². The topological polar surface area (TPSA) is 87.7 Å². The molecule has 3 N–H and O–H groups in total. The second-order valence-corrected chi connectivity index (χ2v) is 8.26. The molecule has 0 radical (unpaired) electrons. The van der Waals surface area contributed by atoms with E-state index in [1.165, 1.54) is 0 Å². The summed E-state index contributed by atoms with van der Waals surface area (Å²) in [6.45, 7) is 8.65. The number of rotatable bonds is 7. The van der Waals surface area contributed by atoms with E-state index < -0.39 is 29.7 Å². The average Bonchev–Trinajstić information content (AvgIpc) is 2.55. The van der Waals surface area contributed by atoms with E-state index in [1.807, 2.05) is 13.8 Å². The zero-order valence-corrected chi connectivity index (χ0v) is 17.8. The lowest BCUT2D eigenvalue weighted by Gasteiger charge is -2.28. The molecule has 0 aliphatic heterocycles. The van der Waals surface area contributed by atoms with E-state index in [1.54, 1.807) is 39.0 Å². The largest absolute Gasteiger partial charge is 0.444 e. The van der Waals surface area contributed by atoms with Crippen LogP contribution in [0.25, 0.3) is 0 Å². The maximum atomic E-state index is 12.8. The third-order valence-electron chi connectivity index (χ3n) is 4.00. The number of alkyl carbamates (subject to hydrolysis) is 1. The molecule has 1 aromatic rings. The van der Waals surface area contributed by atoms with Crippen molar-refractivity contribution in [1.82, 2.24) is 10.6 Å². The molecule has 3 unspecified atom stereocenters. The first-order chi connectivity index (χ1) is 12.5. The zero-order chi connectivity index (χ0) is 20.8. The van der Waals surface area contributed by atoms with Crippen LogP contribution in [0.4, 0.5) is 4.79 Å². The Morgan fingerprint density at radius 1 is 1.22 bits per heavy atom. The molecule has 2 amide bonds. The van der Waals surface area contributed by atoms with Crippen LogP contribution in [0.15, 0.2) is 18.2 Å². The van der Waals surface area contributed by atoms with Gasteiger partial charge in [-0.25, -0.2) is 4.79 Å². The fraction of sp³-hybridized carbons (Fsp3) is 0.579. The third-order valence-corrected chi connectivity index (χ3v) is 4.57. The molecule has 0 spiro atoms. The summed E-state index contributed by atoms with van der Waals surface area (Å²) in [5, 5.41) is 15.9. The van der Waals surface area contributed by atoms with Crippen molar-refractivity contribution in [2.45, 2.75) is 58.7 Å². The third kappa shape index (κ3) is 7.56. The molecule has 0 saturated carbocycles. The van der Waals surface area contributed by atoms with E-state index >= 15 is 0 Å². The lowest BCUT2D eigenvalue weighted by Crippen LogP contribution is -2.52. The van der Waals surface area contributed by atoms with Crippen molar-refractivity contribution in [2.75, 3.05) is 6.61 Å². The lowest BCUT2D eigenvalue weighted by molar-refractivity contribution is -0.125. The van der Waals surface area contributed by atoms with Gasteiger partial charge in [0.25, 0.3) is 0 Å². The van der Waals surface area contributed by atoms with Crippen LogP contribution >= 0.6 is 23.2 Å². The van der Waals surface area contributed by atoms with Gasteiger partial charge in [-0.05, 0) is 44.4 Å². The Kier molecular flexibility index (Phi) is 8.85. The van der Waals surface area contributed by atoms with Gasteiger partial charge in [0.15, 0.2) is 0 Å². The van der Waals surface area contributed by atoms with Crippen LogP contribution in [0.5, 0.6) is 0 Å². The normalized spacial score (nSPS) is 14.8. The van der Waals surface area contributed by atoms with Crippen LogP contribution in [0.3, 0.4) is 0 Å². The predicted molar refractivity (Wildman–Crippen MR) is 107 cm³/mol. The molecule has 3 atom stereocenters. The molecule has 0 aromatic heterocycles. The standard InChI is InChI=1S/C19H28Cl2N2O4/c1-6-11(2)16(23-18(26)27-19(3,4)5)17(25)22-15(10-24)13-8-7-12(20)9-14(13)21/h7-9,11,15-16,24H,6,10H2,1-5H3,(H,22,25)(H,23,26). The summed E-state index contributed by atoms with van der Waals surface area (Å²) in [6, 6.07) is 3.27. The van der Waals surface area contributed by atoms with E-state index in [-0.39, 0.29) is 12.5 Å². The van der Waals surface area contributed by atoms with Crippen molar-refractivity contribution < 1.29 is 19.4 Å². The zero-order valence-electron chi connectivity index (χ0n) is 16.3. The van der Waals surface area contributed by atoms with Crippen molar-refractivity contribution in [2.24, 2.45) is 5.92 Å². The number of amides is 2. The van der Waals surface area contributed by atoms with Crippen molar-refractivity contribution in [1.29, 1.82) is 0 Å². The number of hydrogen-bond donors (Lipinski definition) is 3. The first kappa shape index (κ1) is 23.5. The van der Waals surface area contributed by atoms with Crippen LogP contribution in [0, 0.1) is 5.92 Å². The highest BCUT2D eigenvalue weighted by Crippen LogP contribution is 2.26. The summed E-state index contributed by atoms with van der Waals surface area (Å²) >= 11 is 12.1. The predicted octanol–water partition coefficient (Wildman–Crippen LogP) is 4.08. The van der Waals surface area contributed by atoms with Crippen LogP contribution < -0.4 is 10.6 Å². The Hall–Kier alpha value is -1.50. The Morgan fingerprint density at radius 3 is 2.33 bits per heavy atom. The minimum absolute atomic E-state index is 0.141. The molecule has 1 rings (SSSR count). The van der Waals surface area contributed by atoms with E-state index in [0.29, 0.717) is 22.0 Å². The maximum Gasteiger partial charge on any atom is 0.408 e. The molecule has 0 bridgehead atoms. The first-order valence-corrected chi connectivity index (χ1v) is 9.59. The number of halogens is 2. The number of nitrogens with one attached hydrogen (secondary N) is 2. The fourth-order valence-electron chi connectivity index (χ4n) is 2.40. The van der Waals surface area contributed by atoms with Gasteiger partial charge in [-0.2, -0.15) is 0 Å². The van der Waals surface area contributed by atoms with E-state index in [4.69, 9.17) is 27.9 Å². The molecule has 0 fully saturated rings. The smallest absolute Gasteiger partial charge is 0.408 e. The molecule has 1 aromatic carbocycles. The Balaban J connectivity index is 2.95. The maximum absolute atomic E-state index is 12.8. The summed E-state index contributed by atoms with van der Waals surface area (Å²) in [5.74, 6) is -0.571. The summed E-state index contributed by atoms with van der Waals surface area (Å²) in [7, 11) is 0. The van der Waals surface area contributed by atoms with Crippen molar-refractivity contribution in [3.05, 3.63) is 33.8 Å². The van der Waals surface area contributed by atoms with Crippen LogP contribution in [0.1, 0.15) is 52.6 Å². The SMILES string of the molecule is CCC(C)C(NC(=O)OC(C)(C)C)C(=O)NC(CO)c1ccc(Cl)cc1Cl. The molecular formula is C19H28Cl2N2O4. The number of aliphatic hydroxyl groups is 1. The van der Waals surface area contributed by atoms with Gasteiger partial charge in [0.1, 0.15) is 11.6 Å². The van der Waals surface area contributed by atoms with Gasteiger partial charge >= 0.3 is 6.09 Å². The highest BCUT2D eigenvalue weighted by atomic mass is 35.5. The van der Waals surface area contributed by atoms with Gasteiger partial charge in [0.2, 0.25) is 5.91 Å². The summed E-state index contributed by atoms with van der Waals surface area (Å²) < 4.78 is 5.25. The highest BCUT2D eigenvalue weighted by Gasteiger charge is 2.30. The molecule has 152 valence electrons. The Morgan fingerprint density at radius 2 is 1.85 bits per heavy atom. The van der Waals surface area contributed by atoms with Crippen LogP contribution in [-0.2, 0) is 9.53 Å². The molecular weight excluding hydrogens is 391 g/mol. The molecule has 0 aliphatic rings. The lowest BCUT2D eigenvalue weighted by atomic mass is 9.97. The minimum atomic E-state index is -0.815. The number of hydrogen-bond acceptors (Lipinski definition) is 4.